The van der Waals surface area contributed by atoms with E-state index in [1.54, 1.807) is 18.3 Å². The number of phenolic OH excluding ortho intramolecular Hbond substituents is 1. The van der Waals surface area contributed by atoms with Crippen LogP contribution in [0.2, 0.25) is 0 Å². The second-order valence-corrected chi connectivity index (χ2v) is 3.67. The van der Waals surface area contributed by atoms with E-state index in [1.807, 2.05) is 30.5 Å². The third-order valence-electron chi connectivity index (χ3n) is 2.60. The maximum atomic E-state index is 9.45. The highest BCUT2D eigenvalue weighted by Crippen LogP contribution is 2.25. The van der Waals surface area contributed by atoms with Crippen molar-refractivity contribution >= 4 is 0 Å². The number of nitrogens with zero attached hydrogens (tertiary/aromatic N) is 1. The van der Waals surface area contributed by atoms with Gasteiger partial charge in [-0.25, -0.2) is 0 Å². The molecule has 82 valence electrons. The minimum Gasteiger partial charge on any atom is -0.508 e. The Morgan fingerprint density at radius 3 is 2.62 bits per heavy atom. The van der Waals surface area contributed by atoms with Crippen LogP contribution in [0.25, 0.3) is 0 Å². The zero-order chi connectivity index (χ0) is 11.4. The Bertz CT molecular complexity index is 456. The monoisotopic (exact) mass is 214 g/mol. The van der Waals surface area contributed by atoms with Crippen molar-refractivity contribution in [2.24, 2.45) is 5.73 Å². The summed E-state index contributed by atoms with van der Waals surface area (Å²) in [5.41, 5.74) is 7.85. The summed E-state index contributed by atoms with van der Waals surface area (Å²) < 4.78 is 0. The largest absolute Gasteiger partial charge is 0.508 e. The quantitative estimate of drug-likeness (QED) is 0.820. The minimum absolute atomic E-state index is 0.0841. The molecule has 0 aliphatic carbocycles. The molecule has 3 nitrogen and oxygen atoms in total. The maximum absolute atomic E-state index is 9.45. The van der Waals surface area contributed by atoms with Crippen LogP contribution < -0.4 is 5.73 Å². The smallest absolute Gasteiger partial charge is 0.115 e. The van der Waals surface area contributed by atoms with Gasteiger partial charge in [-0.05, 0) is 29.3 Å². The van der Waals surface area contributed by atoms with Crippen molar-refractivity contribution < 1.29 is 5.11 Å². The van der Waals surface area contributed by atoms with E-state index in [4.69, 9.17) is 5.73 Å². The first-order chi connectivity index (χ1) is 7.81. The molecule has 2 aromatic rings. The van der Waals surface area contributed by atoms with Gasteiger partial charge in [0.05, 0.1) is 0 Å². The summed E-state index contributed by atoms with van der Waals surface area (Å²) in [5, 5.41) is 9.45. The third kappa shape index (κ3) is 2.20. The Balaban J connectivity index is 2.37. The summed E-state index contributed by atoms with van der Waals surface area (Å²) in [6.07, 6.45) is 3.54. The molecule has 0 bridgehead atoms. The van der Waals surface area contributed by atoms with E-state index in [0.29, 0.717) is 6.54 Å². The lowest BCUT2D eigenvalue weighted by atomic mass is 9.92. The lowest BCUT2D eigenvalue weighted by molar-refractivity contribution is 0.474. The maximum Gasteiger partial charge on any atom is 0.115 e. The van der Waals surface area contributed by atoms with Crippen molar-refractivity contribution in [1.29, 1.82) is 0 Å². The topological polar surface area (TPSA) is 59.1 Å². The number of phenols is 1. The normalized spacial score (nSPS) is 12.3. The standard InChI is InChI=1S/C13H14N2O/c14-8-13(11-4-2-6-15-9-11)10-3-1-5-12(16)7-10/h1-7,9,13,16H,8,14H2. The molecule has 0 amide bonds. The van der Waals surface area contributed by atoms with Crippen molar-refractivity contribution in [3.63, 3.8) is 0 Å². The molecule has 0 fully saturated rings. The molecule has 1 aromatic carbocycles. The molecule has 0 saturated carbocycles. The number of pyridine rings is 1. The van der Waals surface area contributed by atoms with Crippen LogP contribution in [0.15, 0.2) is 48.8 Å². The van der Waals surface area contributed by atoms with E-state index in [9.17, 15) is 5.11 Å². The summed E-state index contributed by atoms with van der Waals surface area (Å²) in [6.45, 7) is 0.495. The van der Waals surface area contributed by atoms with Gasteiger partial charge in [0.1, 0.15) is 5.75 Å². The zero-order valence-corrected chi connectivity index (χ0v) is 8.88. The predicted molar refractivity (Wildman–Crippen MR) is 63.2 cm³/mol. The van der Waals surface area contributed by atoms with Gasteiger partial charge in [-0.1, -0.05) is 18.2 Å². The van der Waals surface area contributed by atoms with E-state index in [-0.39, 0.29) is 11.7 Å². The van der Waals surface area contributed by atoms with Crippen LogP contribution in [0.5, 0.6) is 5.75 Å². The second-order valence-electron chi connectivity index (χ2n) is 3.67. The number of rotatable bonds is 3. The first kappa shape index (κ1) is 10.6. The van der Waals surface area contributed by atoms with Crippen LogP contribution in [-0.4, -0.2) is 16.6 Å². The van der Waals surface area contributed by atoms with E-state index in [1.165, 1.54) is 0 Å². The van der Waals surface area contributed by atoms with Gasteiger partial charge in [0, 0.05) is 24.9 Å². The molecule has 0 radical (unpaired) electrons. The van der Waals surface area contributed by atoms with Crippen molar-refractivity contribution in [1.82, 2.24) is 4.98 Å². The molecule has 1 heterocycles. The molecule has 0 spiro atoms. The van der Waals surface area contributed by atoms with Gasteiger partial charge >= 0.3 is 0 Å². The van der Waals surface area contributed by atoms with Gasteiger partial charge in [0.2, 0.25) is 0 Å². The van der Waals surface area contributed by atoms with Crippen LogP contribution in [0.4, 0.5) is 0 Å². The first-order valence-corrected chi connectivity index (χ1v) is 5.20. The second kappa shape index (κ2) is 4.77. The summed E-state index contributed by atoms with van der Waals surface area (Å²) in [7, 11) is 0. The van der Waals surface area contributed by atoms with Crippen molar-refractivity contribution in [2.45, 2.75) is 5.92 Å². The van der Waals surface area contributed by atoms with Crippen LogP contribution in [0, 0.1) is 0 Å². The van der Waals surface area contributed by atoms with Gasteiger partial charge < -0.3 is 10.8 Å². The molecule has 2 rings (SSSR count). The van der Waals surface area contributed by atoms with Crippen LogP contribution in [0.3, 0.4) is 0 Å². The lowest BCUT2D eigenvalue weighted by Crippen LogP contribution is -2.13. The summed E-state index contributed by atoms with van der Waals surface area (Å²) in [4.78, 5) is 4.08. The Kier molecular flexibility index (Phi) is 3.17. The SMILES string of the molecule is NCC(c1cccnc1)c1cccc(O)c1. The Labute approximate surface area is 94.6 Å². The van der Waals surface area contributed by atoms with Crippen molar-refractivity contribution in [3.8, 4) is 5.75 Å². The Morgan fingerprint density at radius 1 is 1.19 bits per heavy atom. The predicted octanol–water partition coefficient (Wildman–Crippen LogP) is 1.88. The molecule has 3 heteroatoms. The highest BCUT2D eigenvalue weighted by Gasteiger charge is 2.12. The van der Waals surface area contributed by atoms with Crippen LogP contribution in [-0.2, 0) is 0 Å². The lowest BCUT2D eigenvalue weighted by Gasteiger charge is -2.15. The number of aromatic nitrogens is 1. The van der Waals surface area contributed by atoms with E-state index >= 15 is 0 Å². The number of aromatic hydroxyl groups is 1. The Morgan fingerprint density at radius 2 is 2.00 bits per heavy atom. The molecule has 0 saturated heterocycles. The van der Waals surface area contributed by atoms with Crippen LogP contribution in [0.1, 0.15) is 17.0 Å². The number of hydrogen-bond donors (Lipinski definition) is 2. The minimum atomic E-state index is 0.0841. The molecule has 0 aliphatic heterocycles. The highest BCUT2D eigenvalue weighted by molar-refractivity contribution is 5.35. The average molecular weight is 214 g/mol. The molecule has 1 atom stereocenters. The summed E-state index contributed by atoms with van der Waals surface area (Å²) in [5.74, 6) is 0.348. The third-order valence-corrected chi connectivity index (χ3v) is 2.60. The fourth-order valence-corrected chi connectivity index (χ4v) is 1.79. The highest BCUT2D eigenvalue weighted by atomic mass is 16.3. The van der Waals surface area contributed by atoms with Gasteiger partial charge in [0.25, 0.3) is 0 Å². The summed E-state index contributed by atoms with van der Waals surface area (Å²) in [6, 6.07) is 11.1. The molecular formula is C13H14N2O. The van der Waals surface area contributed by atoms with E-state index in [2.05, 4.69) is 4.98 Å². The average Bonchev–Trinajstić information content (AvgIpc) is 2.31. The fraction of sp³-hybridized carbons (Fsp3) is 0.154. The van der Waals surface area contributed by atoms with Gasteiger partial charge in [-0.3, -0.25) is 4.98 Å². The fourth-order valence-electron chi connectivity index (χ4n) is 1.79. The molecule has 0 aliphatic rings. The Hall–Kier alpha value is -1.87. The van der Waals surface area contributed by atoms with E-state index < -0.39 is 0 Å². The van der Waals surface area contributed by atoms with Gasteiger partial charge in [0.15, 0.2) is 0 Å². The molecule has 3 N–H and O–H groups in total. The first-order valence-electron chi connectivity index (χ1n) is 5.20. The zero-order valence-electron chi connectivity index (χ0n) is 8.88. The van der Waals surface area contributed by atoms with E-state index in [0.717, 1.165) is 11.1 Å². The molecule has 16 heavy (non-hydrogen) atoms. The summed E-state index contributed by atoms with van der Waals surface area (Å²) >= 11 is 0. The number of benzene rings is 1. The number of hydrogen-bond acceptors (Lipinski definition) is 3. The van der Waals surface area contributed by atoms with Gasteiger partial charge in [-0.15, -0.1) is 0 Å². The van der Waals surface area contributed by atoms with Crippen molar-refractivity contribution in [3.05, 3.63) is 59.9 Å². The molecular weight excluding hydrogens is 200 g/mol. The molecule has 1 unspecified atom stereocenters. The molecule has 1 aromatic heterocycles. The van der Waals surface area contributed by atoms with Crippen molar-refractivity contribution in [2.75, 3.05) is 6.54 Å². The van der Waals surface area contributed by atoms with Gasteiger partial charge in [-0.2, -0.15) is 0 Å². The van der Waals surface area contributed by atoms with Crippen LogP contribution >= 0.6 is 0 Å². The number of nitrogens with two attached hydrogens (primary N) is 1.